The van der Waals surface area contributed by atoms with Gasteiger partial charge in [0.2, 0.25) is 5.95 Å². The van der Waals surface area contributed by atoms with Gasteiger partial charge in [-0.3, -0.25) is 0 Å². The lowest BCUT2D eigenvalue weighted by Gasteiger charge is -2.17. The zero-order chi connectivity index (χ0) is 14.8. The van der Waals surface area contributed by atoms with Crippen LogP contribution in [0.3, 0.4) is 0 Å². The van der Waals surface area contributed by atoms with Crippen LogP contribution in [-0.4, -0.2) is 9.97 Å². The van der Waals surface area contributed by atoms with E-state index in [9.17, 15) is 0 Å². The van der Waals surface area contributed by atoms with Gasteiger partial charge < -0.3 is 16.2 Å². The summed E-state index contributed by atoms with van der Waals surface area (Å²) in [6.07, 6.45) is -0.103. The molecule has 0 spiro atoms. The third-order valence-corrected chi connectivity index (χ3v) is 3.30. The molecule has 0 fully saturated rings. The number of nitrogens with two attached hydrogens (primary N) is 2. The van der Waals surface area contributed by atoms with Gasteiger partial charge in [0, 0.05) is 0 Å². The van der Waals surface area contributed by atoms with E-state index in [1.165, 1.54) is 0 Å². The fourth-order valence-corrected chi connectivity index (χ4v) is 2.28. The summed E-state index contributed by atoms with van der Waals surface area (Å²) in [5.41, 5.74) is 13.4. The number of nitrogens with zero attached hydrogens (tertiary/aromatic N) is 2. The van der Waals surface area contributed by atoms with E-state index in [2.05, 4.69) is 9.97 Å². The number of benzene rings is 2. The summed E-state index contributed by atoms with van der Waals surface area (Å²) in [4.78, 5) is 8.19. The number of aromatic nitrogens is 2. The van der Waals surface area contributed by atoms with Gasteiger partial charge >= 0.3 is 0 Å². The minimum Gasteiger partial charge on any atom is -0.485 e. The summed E-state index contributed by atoms with van der Waals surface area (Å²) in [5.74, 6) is 1.14. The zero-order valence-corrected chi connectivity index (χ0v) is 11.7. The molecular weight excluding hydrogens is 264 g/mol. The molecule has 5 nitrogen and oxygen atoms in total. The Morgan fingerprint density at radius 2 is 1.71 bits per heavy atom. The van der Waals surface area contributed by atoms with Gasteiger partial charge in [-0.05, 0) is 24.6 Å². The van der Waals surface area contributed by atoms with Crippen molar-refractivity contribution in [3.05, 3.63) is 54.1 Å². The van der Waals surface area contributed by atoms with Crippen LogP contribution in [-0.2, 0) is 0 Å². The maximum atomic E-state index is 6.03. The number of anilines is 2. The number of ether oxygens (including phenoxy) is 1. The molecule has 3 aromatic rings. The van der Waals surface area contributed by atoms with Gasteiger partial charge in [0.1, 0.15) is 17.7 Å². The van der Waals surface area contributed by atoms with Gasteiger partial charge in [0.25, 0.3) is 0 Å². The van der Waals surface area contributed by atoms with Crippen molar-refractivity contribution in [1.82, 2.24) is 9.97 Å². The monoisotopic (exact) mass is 280 g/mol. The summed E-state index contributed by atoms with van der Waals surface area (Å²) in [6, 6.07) is 15.5. The van der Waals surface area contributed by atoms with Crippen LogP contribution in [0.2, 0.25) is 0 Å². The first-order valence-corrected chi connectivity index (χ1v) is 6.68. The largest absolute Gasteiger partial charge is 0.485 e. The maximum absolute atomic E-state index is 6.03. The number of hydrogen-bond donors (Lipinski definition) is 2. The Hall–Kier alpha value is -2.82. The Labute approximate surface area is 122 Å². The predicted molar refractivity (Wildman–Crippen MR) is 83.8 cm³/mol. The quantitative estimate of drug-likeness (QED) is 0.770. The number of hydrogen-bond acceptors (Lipinski definition) is 5. The van der Waals surface area contributed by atoms with Crippen molar-refractivity contribution in [2.75, 3.05) is 11.5 Å². The van der Waals surface area contributed by atoms with E-state index < -0.39 is 0 Å². The fraction of sp³-hybridized carbons (Fsp3) is 0.125. The number of fused-ring (bicyclic) bond motifs is 1. The van der Waals surface area contributed by atoms with E-state index >= 15 is 0 Å². The highest BCUT2D eigenvalue weighted by molar-refractivity contribution is 5.94. The van der Waals surface area contributed by atoms with Crippen LogP contribution in [0.15, 0.2) is 48.5 Å². The second-order valence-electron chi connectivity index (χ2n) is 4.79. The lowest BCUT2D eigenvalue weighted by molar-refractivity contribution is 0.230. The van der Waals surface area contributed by atoms with Gasteiger partial charge in [-0.25, -0.2) is 4.98 Å². The van der Waals surface area contributed by atoms with Crippen LogP contribution in [0.1, 0.15) is 18.6 Å². The van der Waals surface area contributed by atoms with E-state index in [1.807, 2.05) is 55.5 Å². The molecule has 5 heteroatoms. The van der Waals surface area contributed by atoms with E-state index in [0.717, 1.165) is 5.56 Å². The first-order chi connectivity index (χ1) is 10.1. The number of rotatable bonds is 3. The third-order valence-electron chi connectivity index (χ3n) is 3.30. The molecule has 0 unspecified atom stereocenters. The molecule has 0 amide bonds. The van der Waals surface area contributed by atoms with Gasteiger partial charge in [0.05, 0.1) is 10.9 Å². The van der Waals surface area contributed by atoms with Crippen molar-refractivity contribution in [2.24, 2.45) is 0 Å². The summed E-state index contributed by atoms with van der Waals surface area (Å²) in [6.45, 7) is 1.99. The smallest absolute Gasteiger partial charge is 0.222 e. The van der Waals surface area contributed by atoms with Crippen LogP contribution in [0.25, 0.3) is 10.9 Å². The molecular formula is C16H16N4O. The highest BCUT2D eigenvalue weighted by Crippen LogP contribution is 2.32. The molecule has 0 bridgehead atoms. The molecule has 21 heavy (non-hydrogen) atoms. The average molecular weight is 280 g/mol. The Balaban J connectivity index is 2.01. The van der Waals surface area contributed by atoms with Crippen molar-refractivity contribution >= 4 is 22.7 Å². The zero-order valence-electron chi connectivity index (χ0n) is 11.7. The van der Waals surface area contributed by atoms with Crippen molar-refractivity contribution in [1.29, 1.82) is 0 Å². The molecule has 2 aromatic carbocycles. The van der Waals surface area contributed by atoms with Crippen LogP contribution in [0.5, 0.6) is 5.75 Å². The highest BCUT2D eigenvalue weighted by atomic mass is 16.5. The van der Waals surface area contributed by atoms with Gasteiger partial charge in [-0.15, -0.1) is 0 Å². The van der Waals surface area contributed by atoms with Crippen LogP contribution >= 0.6 is 0 Å². The lowest BCUT2D eigenvalue weighted by Crippen LogP contribution is -2.06. The van der Waals surface area contributed by atoms with E-state index in [0.29, 0.717) is 22.5 Å². The average Bonchev–Trinajstić information content (AvgIpc) is 2.47. The number of nitrogen functional groups attached to an aromatic ring is 2. The lowest BCUT2D eigenvalue weighted by atomic mass is 10.1. The Kier molecular flexibility index (Phi) is 3.31. The summed E-state index contributed by atoms with van der Waals surface area (Å²) in [5, 5.41) is 0.689. The summed E-state index contributed by atoms with van der Waals surface area (Å²) >= 11 is 0. The minimum atomic E-state index is -0.103. The van der Waals surface area contributed by atoms with E-state index in [4.69, 9.17) is 16.2 Å². The SMILES string of the molecule is C[C@@H](Oc1cccc2nc(N)nc(N)c12)c1ccccc1. The van der Waals surface area contributed by atoms with Crippen molar-refractivity contribution in [2.45, 2.75) is 13.0 Å². The fourth-order valence-electron chi connectivity index (χ4n) is 2.28. The normalized spacial score (nSPS) is 12.2. The van der Waals surface area contributed by atoms with Crippen LogP contribution in [0.4, 0.5) is 11.8 Å². The molecule has 1 heterocycles. The molecule has 1 aromatic heterocycles. The minimum absolute atomic E-state index is 0.103. The Bertz CT molecular complexity index is 774. The van der Waals surface area contributed by atoms with Gasteiger partial charge in [0.15, 0.2) is 0 Å². The van der Waals surface area contributed by atoms with Crippen molar-refractivity contribution in [3.63, 3.8) is 0 Å². The molecule has 0 aliphatic rings. The molecule has 4 N–H and O–H groups in total. The van der Waals surface area contributed by atoms with E-state index in [1.54, 1.807) is 0 Å². The predicted octanol–water partition coefficient (Wildman–Crippen LogP) is 2.93. The molecule has 0 aliphatic carbocycles. The van der Waals surface area contributed by atoms with Crippen molar-refractivity contribution < 1.29 is 4.74 Å². The molecule has 0 radical (unpaired) electrons. The second kappa shape index (κ2) is 5.28. The summed E-state index contributed by atoms with van der Waals surface area (Å²) in [7, 11) is 0. The molecule has 0 saturated carbocycles. The van der Waals surface area contributed by atoms with Crippen LogP contribution in [0, 0.1) is 0 Å². The van der Waals surface area contributed by atoms with Gasteiger partial charge in [-0.1, -0.05) is 36.4 Å². The summed E-state index contributed by atoms with van der Waals surface area (Å²) < 4.78 is 6.03. The first kappa shape index (κ1) is 13.2. The van der Waals surface area contributed by atoms with Crippen molar-refractivity contribution in [3.8, 4) is 5.75 Å². The second-order valence-corrected chi connectivity index (χ2v) is 4.79. The molecule has 1 atom stereocenters. The Morgan fingerprint density at radius 3 is 2.48 bits per heavy atom. The standard InChI is InChI=1S/C16H16N4O/c1-10(11-6-3-2-4-7-11)21-13-9-5-8-12-14(13)15(17)20-16(18)19-12/h2-10H,1H3,(H4,17,18,19,20)/t10-/m1/s1. The van der Waals surface area contributed by atoms with Crippen LogP contribution < -0.4 is 16.2 Å². The molecule has 0 aliphatic heterocycles. The highest BCUT2D eigenvalue weighted by Gasteiger charge is 2.13. The maximum Gasteiger partial charge on any atom is 0.222 e. The first-order valence-electron chi connectivity index (χ1n) is 6.68. The third kappa shape index (κ3) is 2.58. The Morgan fingerprint density at radius 1 is 0.952 bits per heavy atom. The van der Waals surface area contributed by atoms with E-state index in [-0.39, 0.29) is 12.1 Å². The molecule has 106 valence electrons. The molecule has 0 saturated heterocycles. The topological polar surface area (TPSA) is 87.0 Å². The van der Waals surface area contributed by atoms with Gasteiger partial charge in [-0.2, -0.15) is 4.98 Å². The molecule has 3 rings (SSSR count).